The minimum absolute atomic E-state index is 0. The average Bonchev–Trinajstić information content (AvgIpc) is 2.98. The van der Waals surface area contributed by atoms with Crippen LogP contribution in [0, 0.1) is 6.92 Å². The molecule has 9 heteroatoms. The van der Waals surface area contributed by atoms with Gasteiger partial charge in [-0.2, -0.15) is 5.10 Å². The van der Waals surface area contributed by atoms with E-state index in [4.69, 9.17) is 5.73 Å². The summed E-state index contributed by atoms with van der Waals surface area (Å²) in [5.41, 5.74) is 7.57. The summed E-state index contributed by atoms with van der Waals surface area (Å²) in [6.07, 6.45) is 2.67. The first-order valence-electron chi connectivity index (χ1n) is 8.16. The molecule has 1 heterocycles. The number of nitrogens with zero attached hydrogens (tertiary/aromatic N) is 3. The molecule has 0 bridgehead atoms. The zero-order valence-corrected chi connectivity index (χ0v) is 17.0. The molecule has 1 amide bonds. The molecule has 0 radical (unpaired) electrons. The Balaban J connectivity index is 0.00000312. The third kappa shape index (κ3) is 7.70. The number of nitrogens with one attached hydrogen (secondary N) is 2. The third-order valence-electron chi connectivity index (χ3n) is 3.72. The lowest BCUT2D eigenvalue weighted by atomic mass is 10.1. The second-order valence-corrected chi connectivity index (χ2v) is 6.22. The molecule has 0 saturated carbocycles. The number of nitrogens with two attached hydrogens (primary N) is 1. The molecule has 0 aliphatic heterocycles. The SMILES string of the molecule is Cc1nc(-c2ccc(NC(=O)[C@@H](N)CCCCN(C)C)cc2)n[nH]1.Cl.Cl. The molecule has 2 rings (SSSR count). The number of aromatic amines is 1. The van der Waals surface area contributed by atoms with Gasteiger partial charge in [0.1, 0.15) is 5.82 Å². The molecule has 26 heavy (non-hydrogen) atoms. The Bertz CT molecular complexity index is 660. The first kappa shape index (κ1) is 24.3. The normalized spacial score (nSPS) is 11.4. The second-order valence-electron chi connectivity index (χ2n) is 6.22. The topological polar surface area (TPSA) is 99.9 Å². The van der Waals surface area contributed by atoms with Crippen LogP contribution >= 0.6 is 24.8 Å². The lowest BCUT2D eigenvalue weighted by Gasteiger charge is -2.13. The predicted molar refractivity (Wildman–Crippen MR) is 110 cm³/mol. The Morgan fingerprint density at radius 2 is 1.88 bits per heavy atom. The van der Waals surface area contributed by atoms with Gasteiger partial charge in [-0.15, -0.1) is 24.8 Å². The second kappa shape index (κ2) is 11.9. The van der Waals surface area contributed by atoms with Gasteiger partial charge in [0.2, 0.25) is 5.91 Å². The number of carbonyl (C=O) groups is 1. The number of rotatable bonds is 8. The van der Waals surface area contributed by atoms with E-state index in [2.05, 4.69) is 25.4 Å². The minimum Gasteiger partial charge on any atom is -0.325 e. The van der Waals surface area contributed by atoms with Crippen molar-refractivity contribution in [2.24, 2.45) is 5.73 Å². The lowest BCUT2D eigenvalue weighted by Crippen LogP contribution is -2.35. The number of benzene rings is 1. The van der Waals surface area contributed by atoms with E-state index in [-0.39, 0.29) is 30.7 Å². The van der Waals surface area contributed by atoms with Crippen molar-refractivity contribution >= 4 is 36.4 Å². The number of unbranched alkanes of at least 4 members (excludes halogenated alkanes) is 1. The van der Waals surface area contributed by atoms with E-state index in [1.165, 1.54) is 0 Å². The minimum atomic E-state index is -0.484. The number of hydrogen-bond donors (Lipinski definition) is 3. The first-order chi connectivity index (χ1) is 11.5. The van der Waals surface area contributed by atoms with Crippen molar-refractivity contribution in [2.75, 3.05) is 26.0 Å². The van der Waals surface area contributed by atoms with Gasteiger partial charge in [-0.05, 0) is 64.7 Å². The van der Waals surface area contributed by atoms with E-state index < -0.39 is 6.04 Å². The molecule has 0 aliphatic rings. The maximum atomic E-state index is 12.1. The monoisotopic (exact) mass is 402 g/mol. The van der Waals surface area contributed by atoms with Gasteiger partial charge < -0.3 is 16.0 Å². The molecule has 2 aromatic rings. The van der Waals surface area contributed by atoms with Gasteiger partial charge >= 0.3 is 0 Å². The molecular weight excluding hydrogens is 375 g/mol. The first-order valence-corrected chi connectivity index (χ1v) is 8.16. The van der Waals surface area contributed by atoms with Gasteiger partial charge in [-0.3, -0.25) is 9.89 Å². The number of amides is 1. The average molecular weight is 403 g/mol. The zero-order chi connectivity index (χ0) is 17.5. The van der Waals surface area contributed by atoms with Gasteiger partial charge in [-0.1, -0.05) is 6.42 Å². The Morgan fingerprint density at radius 1 is 1.23 bits per heavy atom. The molecule has 1 aromatic carbocycles. The summed E-state index contributed by atoms with van der Waals surface area (Å²) in [4.78, 5) is 18.5. The van der Waals surface area contributed by atoms with Crippen LogP contribution in [-0.2, 0) is 4.79 Å². The van der Waals surface area contributed by atoms with E-state index in [1.54, 1.807) is 0 Å². The fourth-order valence-corrected chi connectivity index (χ4v) is 2.33. The molecular formula is C17H28Cl2N6O. The van der Waals surface area contributed by atoms with Crippen LogP contribution in [0.3, 0.4) is 0 Å². The quantitative estimate of drug-likeness (QED) is 0.589. The predicted octanol–water partition coefficient (Wildman–Crippen LogP) is 2.62. The van der Waals surface area contributed by atoms with Gasteiger partial charge in [0.05, 0.1) is 6.04 Å². The number of H-pyrrole nitrogens is 1. The van der Waals surface area contributed by atoms with Crippen LogP contribution in [0.1, 0.15) is 25.1 Å². The van der Waals surface area contributed by atoms with Crippen LogP contribution in [0.4, 0.5) is 5.69 Å². The molecule has 0 fully saturated rings. The van der Waals surface area contributed by atoms with E-state index in [0.717, 1.165) is 36.5 Å². The van der Waals surface area contributed by atoms with Gasteiger partial charge in [-0.25, -0.2) is 4.98 Å². The highest BCUT2D eigenvalue weighted by molar-refractivity contribution is 5.94. The number of hydrogen-bond acceptors (Lipinski definition) is 5. The van der Waals surface area contributed by atoms with E-state index >= 15 is 0 Å². The Morgan fingerprint density at radius 3 is 2.42 bits per heavy atom. The maximum absolute atomic E-state index is 12.1. The largest absolute Gasteiger partial charge is 0.325 e. The number of aryl methyl sites for hydroxylation is 1. The van der Waals surface area contributed by atoms with Crippen molar-refractivity contribution in [3.63, 3.8) is 0 Å². The standard InChI is InChI=1S/C17H26N6O.2ClH/c1-12-19-16(22-21-12)13-7-9-14(10-8-13)20-17(24)15(18)6-4-5-11-23(2)3;;/h7-10,15H,4-6,11,18H2,1-3H3,(H,20,24)(H,19,21,22);2*1H/t15-;;/m0../s1. The van der Waals surface area contributed by atoms with Crippen molar-refractivity contribution < 1.29 is 4.79 Å². The number of carbonyl (C=O) groups excluding carboxylic acids is 1. The van der Waals surface area contributed by atoms with Crippen LogP contribution in [0.15, 0.2) is 24.3 Å². The Labute approximate surface area is 167 Å². The van der Waals surface area contributed by atoms with Crippen LogP contribution < -0.4 is 11.1 Å². The van der Waals surface area contributed by atoms with Crippen molar-refractivity contribution in [3.05, 3.63) is 30.1 Å². The molecule has 1 aromatic heterocycles. The summed E-state index contributed by atoms with van der Waals surface area (Å²) < 4.78 is 0. The van der Waals surface area contributed by atoms with E-state index in [9.17, 15) is 4.79 Å². The van der Waals surface area contributed by atoms with Crippen molar-refractivity contribution in [1.29, 1.82) is 0 Å². The van der Waals surface area contributed by atoms with Crippen LogP contribution in [0.2, 0.25) is 0 Å². The third-order valence-corrected chi connectivity index (χ3v) is 3.72. The number of halogens is 2. The summed E-state index contributed by atoms with van der Waals surface area (Å²) in [5.74, 6) is 1.26. The number of anilines is 1. The molecule has 0 aliphatic carbocycles. The lowest BCUT2D eigenvalue weighted by molar-refractivity contribution is -0.117. The molecule has 0 unspecified atom stereocenters. The maximum Gasteiger partial charge on any atom is 0.241 e. The number of aromatic nitrogens is 3. The summed E-state index contributed by atoms with van der Waals surface area (Å²) in [5, 5.41) is 9.77. The molecule has 7 nitrogen and oxygen atoms in total. The smallest absolute Gasteiger partial charge is 0.241 e. The highest BCUT2D eigenvalue weighted by Gasteiger charge is 2.13. The van der Waals surface area contributed by atoms with Gasteiger partial charge in [0, 0.05) is 11.3 Å². The van der Waals surface area contributed by atoms with Gasteiger partial charge in [0.25, 0.3) is 0 Å². The Kier molecular flexibility index (Phi) is 11.1. The van der Waals surface area contributed by atoms with E-state index in [0.29, 0.717) is 12.2 Å². The van der Waals surface area contributed by atoms with Crippen molar-refractivity contribution in [3.8, 4) is 11.4 Å². The fourth-order valence-electron chi connectivity index (χ4n) is 2.33. The van der Waals surface area contributed by atoms with Crippen LogP contribution in [-0.4, -0.2) is 52.7 Å². The Hall–Kier alpha value is -1.67. The molecule has 146 valence electrons. The van der Waals surface area contributed by atoms with Gasteiger partial charge in [0.15, 0.2) is 5.82 Å². The van der Waals surface area contributed by atoms with E-state index in [1.807, 2.05) is 45.3 Å². The molecule has 4 N–H and O–H groups in total. The fraction of sp³-hybridized carbons (Fsp3) is 0.471. The molecule has 0 saturated heterocycles. The van der Waals surface area contributed by atoms with Crippen LogP contribution in [0.25, 0.3) is 11.4 Å². The summed E-state index contributed by atoms with van der Waals surface area (Å²) in [6.45, 7) is 2.86. The summed E-state index contributed by atoms with van der Waals surface area (Å²) >= 11 is 0. The molecule has 0 spiro atoms. The zero-order valence-electron chi connectivity index (χ0n) is 15.4. The van der Waals surface area contributed by atoms with Crippen molar-refractivity contribution in [1.82, 2.24) is 20.1 Å². The highest BCUT2D eigenvalue weighted by Crippen LogP contribution is 2.18. The van der Waals surface area contributed by atoms with Crippen molar-refractivity contribution in [2.45, 2.75) is 32.2 Å². The summed E-state index contributed by atoms with van der Waals surface area (Å²) in [6, 6.07) is 6.93. The molecule has 1 atom stereocenters. The van der Waals surface area contributed by atoms with Crippen LogP contribution in [0.5, 0.6) is 0 Å². The summed E-state index contributed by atoms with van der Waals surface area (Å²) in [7, 11) is 4.08. The highest BCUT2D eigenvalue weighted by atomic mass is 35.5.